The Kier molecular flexibility index (Phi) is 25.1. The van der Waals surface area contributed by atoms with E-state index in [0.717, 1.165) is 49.9 Å². The predicted octanol–water partition coefficient (Wildman–Crippen LogP) is 8.15. The van der Waals surface area contributed by atoms with Crippen molar-refractivity contribution in [3.05, 3.63) is 213 Å². The van der Waals surface area contributed by atoms with E-state index in [2.05, 4.69) is 0 Å². The zero-order valence-electron chi connectivity index (χ0n) is 55.2. The van der Waals surface area contributed by atoms with Gasteiger partial charge in [-0.2, -0.15) is 0 Å². The second kappa shape index (κ2) is 34.0. The van der Waals surface area contributed by atoms with Crippen molar-refractivity contribution in [2.75, 3.05) is 26.9 Å². The monoisotopic (exact) mass is 1350 g/mol. The van der Waals surface area contributed by atoms with Gasteiger partial charge in [0, 0.05) is 34.8 Å². The summed E-state index contributed by atoms with van der Waals surface area (Å²) in [4.78, 5) is 124. The van der Waals surface area contributed by atoms with Crippen LogP contribution in [0.4, 0.5) is 0 Å². The molecular weight excluding hydrogens is 1280 g/mol. The largest absolute Gasteiger partial charge is 0.463 e. The number of methoxy groups -OCH3 is 1. The Morgan fingerprint density at radius 1 is 0.316 bits per heavy atom. The van der Waals surface area contributed by atoms with Gasteiger partial charge in [-0.05, 0) is 93.9 Å². The van der Waals surface area contributed by atoms with Crippen molar-refractivity contribution in [2.45, 2.75) is 154 Å². The lowest BCUT2D eigenvalue weighted by molar-refractivity contribution is -0.367. The molecule has 25 heteroatoms. The molecule has 3 saturated heterocycles. The highest BCUT2D eigenvalue weighted by Gasteiger charge is 2.59. The maximum absolute atomic E-state index is 14.7. The Morgan fingerprint density at radius 3 is 1.13 bits per heavy atom. The van der Waals surface area contributed by atoms with E-state index in [1.807, 2.05) is 20.8 Å². The number of aryl methyl sites for hydroxylation is 4. The molecule has 3 aliphatic heterocycles. The van der Waals surface area contributed by atoms with Crippen LogP contribution in [0, 0.1) is 27.7 Å². The van der Waals surface area contributed by atoms with E-state index in [1.54, 1.807) is 116 Å². The number of benzene rings is 6. The summed E-state index contributed by atoms with van der Waals surface area (Å²) in [6.45, 7) is 9.14. The molecule has 6 aromatic rings. The Morgan fingerprint density at radius 2 is 0.663 bits per heavy atom. The van der Waals surface area contributed by atoms with Gasteiger partial charge in [-0.25, -0.2) is 24.0 Å². The first-order valence-corrected chi connectivity index (χ1v) is 31.4. The van der Waals surface area contributed by atoms with E-state index in [9.17, 15) is 43.2 Å². The van der Waals surface area contributed by atoms with Crippen LogP contribution in [-0.2, 0) is 102 Å². The van der Waals surface area contributed by atoms with E-state index >= 15 is 0 Å². The molecule has 3 fully saturated rings. The van der Waals surface area contributed by atoms with Crippen molar-refractivity contribution in [1.82, 2.24) is 0 Å². The van der Waals surface area contributed by atoms with Crippen LogP contribution in [0.2, 0.25) is 0 Å². The number of carbonyl (C=O) groups excluding carboxylic acids is 9. The van der Waals surface area contributed by atoms with Crippen LogP contribution in [0.5, 0.6) is 0 Å². The Bertz CT molecular complexity index is 3710. The number of carbonyl (C=O) groups is 9. The third kappa shape index (κ3) is 19.3. The predicted molar refractivity (Wildman–Crippen MR) is 340 cm³/mol. The second-order valence-electron chi connectivity index (χ2n) is 23.5. The normalized spacial score (nSPS) is 25.1. The standard InChI is InChI=1S/C73H76O25/c1-40-20-28-50(29-21-40)66(78)86-38-56-59(94-68(80)51-30-22-41(2)23-31-51)62(95-69(81)52-32-24-42(3)25-33-52)64(97-70(82)53-34-26-43(4)27-35-53)72(92-56)87-39-54-57(85-36-48-16-12-10-13-17-48)60(63(71(83-9)91-54)96-67(79)49-18-14-11-15-19-49)98-73-65(90-47(8)77)61(89-46(7)76)58(88-45(6)75)55(93-73)37-84-44(5)74/h10-35,54-65,71-73H,36-39H2,1-9H3/t54-,55-,56-,57-,58-,59-,60+,61+,62+,63-,64-,65-,71+,72-,73+/m1/s1. The van der Waals surface area contributed by atoms with E-state index in [0.29, 0.717) is 5.56 Å². The lowest BCUT2D eigenvalue weighted by Crippen LogP contribution is -2.67. The van der Waals surface area contributed by atoms with Crippen LogP contribution >= 0.6 is 0 Å². The van der Waals surface area contributed by atoms with Crippen LogP contribution in [0.15, 0.2) is 158 Å². The summed E-state index contributed by atoms with van der Waals surface area (Å²) in [6, 6.07) is 42.0. The van der Waals surface area contributed by atoms with Gasteiger partial charge in [-0.3, -0.25) is 19.2 Å². The molecule has 98 heavy (non-hydrogen) atoms. The first-order valence-electron chi connectivity index (χ1n) is 31.4. The van der Waals surface area contributed by atoms with Crippen molar-refractivity contribution < 1.29 is 119 Å². The van der Waals surface area contributed by atoms with Gasteiger partial charge in [-0.1, -0.05) is 119 Å². The van der Waals surface area contributed by atoms with Crippen LogP contribution in [-0.4, -0.2) is 173 Å². The SMILES string of the molecule is CO[C@H]1O[C@H](CO[C@@H]2O[C@H](COC(=O)c3ccc(C)cc3)[C@@H](OC(=O)c3ccc(C)cc3)[C@H](OC(=O)c3ccc(C)cc3)[C@H]2OC(=O)c2ccc(C)cc2)[C@@H](OCc2ccccc2)[C@H](O[C@@H]2O[C@H](COC(C)=O)[C@@H](OC(C)=O)[C@H](OC(C)=O)[C@H]2OC(C)=O)[C@H]1OC(=O)c1ccccc1. The van der Waals surface area contributed by atoms with Crippen molar-refractivity contribution in [3.8, 4) is 0 Å². The molecule has 25 nitrogen and oxygen atoms in total. The molecule has 0 aliphatic carbocycles. The average molecular weight is 1350 g/mol. The first kappa shape index (κ1) is 72.5. The molecule has 0 saturated carbocycles. The van der Waals surface area contributed by atoms with Gasteiger partial charge < -0.3 is 75.8 Å². The molecule has 0 N–H and O–H groups in total. The van der Waals surface area contributed by atoms with Gasteiger partial charge in [0.25, 0.3) is 0 Å². The first-order chi connectivity index (χ1) is 47.0. The topological polar surface area (TPSA) is 301 Å². The number of ether oxygens (including phenoxy) is 16. The maximum Gasteiger partial charge on any atom is 0.338 e. The van der Waals surface area contributed by atoms with E-state index < -0.39 is 166 Å². The van der Waals surface area contributed by atoms with Gasteiger partial charge in [0.2, 0.25) is 0 Å². The number of esters is 9. The lowest BCUT2D eigenvalue weighted by Gasteiger charge is -2.49. The number of rotatable bonds is 25. The Hall–Kier alpha value is -9.73. The highest BCUT2D eigenvalue weighted by Crippen LogP contribution is 2.38. The van der Waals surface area contributed by atoms with Gasteiger partial charge in [-0.15, -0.1) is 0 Å². The van der Waals surface area contributed by atoms with Crippen LogP contribution in [0.1, 0.15) is 107 Å². The molecule has 0 amide bonds. The number of hydrogen-bond acceptors (Lipinski definition) is 25. The molecule has 15 atom stereocenters. The van der Waals surface area contributed by atoms with E-state index in [1.165, 1.54) is 55.6 Å². The summed E-state index contributed by atoms with van der Waals surface area (Å²) < 4.78 is 101. The minimum Gasteiger partial charge on any atom is -0.463 e. The van der Waals surface area contributed by atoms with Crippen LogP contribution in [0.3, 0.4) is 0 Å². The highest BCUT2D eigenvalue weighted by atomic mass is 16.8. The molecule has 3 heterocycles. The quantitative estimate of drug-likeness (QED) is 0.0385. The molecule has 0 aromatic heterocycles. The minimum absolute atomic E-state index is 0.0199. The van der Waals surface area contributed by atoms with Crippen molar-refractivity contribution >= 4 is 53.7 Å². The molecule has 0 unspecified atom stereocenters. The lowest BCUT2D eigenvalue weighted by atomic mass is 9.95. The molecule has 6 aromatic carbocycles. The van der Waals surface area contributed by atoms with Crippen molar-refractivity contribution in [2.24, 2.45) is 0 Å². The highest BCUT2D eigenvalue weighted by molar-refractivity contribution is 5.92. The summed E-state index contributed by atoms with van der Waals surface area (Å²) in [7, 11) is 1.22. The third-order valence-corrected chi connectivity index (χ3v) is 15.9. The zero-order chi connectivity index (χ0) is 70.2. The summed E-state index contributed by atoms with van der Waals surface area (Å²) >= 11 is 0. The number of hydrogen-bond donors (Lipinski definition) is 0. The average Bonchev–Trinajstić information content (AvgIpc) is 0.771. The second-order valence-corrected chi connectivity index (χ2v) is 23.5. The molecule has 0 bridgehead atoms. The Balaban J connectivity index is 1.18. The summed E-state index contributed by atoms with van der Waals surface area (Å²) in [5.74, 6) is -8.29. The van der Waals surface area contributed by atoms with Gasteiger partial charge in [0.05, 0.1) is 41.0 Å². The fraction of sp³-hybridized carbons (Fsp3) is 0.384. The molecule has 3 aliphatic rings. The van der Waals surface area contributed by atoms with Gasteiger partial charge in [0.1, 0.15) is 43.7 Å². The maximum atomic E-state index is 14.7. The fourth-order valence-electron chi connectivity index (χ4n) is 11.0. The van der Waals surface area contributed by atoms with E-state index in [4.69, 9.17) is 75.8 Å². The fourth-order valence-corrected chi connectivity index (χ4v) is 11.0. The smallest absolute Gasteiger partial charge is 0.338 e. The van der Waals surface area contributed by atoms with Crippen molar-refractivity contribution in [1.29, 1.82) is 0 Å². The Labute approximate surface area is 564 Å². The molecule has 9 rings (SSSR count). The van der Waals surface area contributed by atoms with Crippen LogP contribution < -0.4 is 0 Å². The third-order valence-electron chi connectivity index (χ3n) is 15.9. The van der Waals surface area contributed by atoms with Gasteiger partial charge >= 0.3 is 53.7 Å². The van der Waals surface area contributed by atoms with Crippen molar-refractivity contribution in [3.63, 3.8) is 0 Å². The van der Waals surface area contributed by atoms with Gasteiger partial charge in [0.15, 0.2) is 61.6 Å². The molecule has 518 valence electrons. The summed E-state index contributed by atoms with van der Waals surface area (Å²) in [6.07, 6.45) is -26.1. The van der Waals surface area contributed by atoms with E-state index in [-0.39, 0.29) is 34.4 Å². The summed E-state index contributed by atoms with van der Waals surface area (Å²) in [5, 5.41) is 0. The minimum atomic E-state index is -1.95. The van der Waals surface area contributed by atoms with Crippen LogP contribution in [0.25, 0.3) is 0 Å². The zero-order valence-corrected chi connectivity index (χ0v) is 55.2. The summed E-state index contributed by atoms with van der Waals surface area (Å²) in [5.41, 5.74) is 4.12. The molecular formula is C73H76O25. The molecule has 0 spiro atoms. The molecule has 0 radical (unpaired) electrons.